The summed E-state index contributed by atoms with van der Waals surface area (Å²) >= 11 is 0. The maximum atomic E-state index is 12.0. The Morgan fingerprint density at radius 3 is 2.68 bits per heavy atom. The predicted molar refractivity (Wildman–Crippen MR) is 69.4 cm³/mol. The van der Waals surface area contributed by atoms with Crippen molar-refractivity contribution >= 4 is 5.97 Å². The lowest BCUT2D eigenvalue weighted by Gasteiger charge is -2.14. The average molecular weight is 266 g/mol. The zero-order valence-corrected chi connectivity index (χ0v) is 11.7. The lowest BCUT2D eigenvalue weighted by molar-refractivity contribution is -0.754. The van der Waals surface area contributed by atoms with Gasteiger partial charge in [0.25, 0.3) is 6.23 Å². The molecule has 0 spiro atoms. The summed E-state index contributed by atoms with van der Waals surface area (Å²) in [4.78, 5) is 12.0. The number of carbonyl (C=O) groups excluding carboxylic acids is 1. The third-order valence-corrected chi connectivity index (χ3v) is 3.47. The molecule has 0 saturated heterocycles. The summed E-state index contributed by atoms with van der Waals surface area (Å²) < 4.78 is 15.9. The van der Waals surface area contributed by atoms with E-state index < -0.39 is 0 Å². The number of benzene rings is 1. The van der Waals surface area contributed by atoms with Crippen LogP contribution in [0.25, 0.3) is 0 Å². The Morgan fingerprint density at radius 2 is 2.11 bits per heavy atom. The van der Waals surface area contributed by atoms with Gasteiger partial charge in [-0.15, -0.1) is 0 Å². The molecule has 2 N–H and O–H groups in total. The van der Waals surface area contributed by atoms with Gasteiger partial charge in [-0.05, 0) is 25.5 Å². The molecule has 1 aromatic carbocycles. The van der Waals surface area contributed by atoms with Crippen molar-refractivity contribution in [1.29, 1.82) is 0 Å². The predicted octanol–water partition coefficient (Wildman–Crippen LogP) is 1.23. The van der Waals surface area contributed by atoms with Crippen LogP contribution in [0.2, 0.25) is 0 Å². The molecule has 104 valence electrons. The van der Waals surface area contributed by atoms with E-state index in [9.17, 15) is 4.79 Å². The van der Waals surface area contributed by atoms with E-state index >= 15 is 0 Å². The Labute approximate surface area is 112 Å². The van der Waals surface area contributed by atoms with Crippen molar-refractivity contribution in [3.05, 3.63) is 23.3 Å². The van der Waals surface area contributed by atoms with E-state index in [2.05, 4.69) is 19.2 Å². The molecule has 1 aliphatic heterocycles. The van der Waals surface area contributed by atoms with Gasteiger partial charge in [-0.3, -0.25) is 0 Å². The Morgan fingerprint density at radius 1 is 1.37 bits per heavy atom. The van der Waals surface area contributed by atoms with Crippen molar-refractivity contribution in [2.45, 2.75) is 32.5 Å². The highest BCUT2D eigenvalue weighted by Gasteiger charge is 2.38. The van der Waals surface area contributed by atoms with Gasteiger partial charge in [0.15, 0.2) is 11.5 Å². The Hall–Kier alpha value is -1.75. The molecule has 0 amide bonds. The molecule has 1 aromatic rings. The molecular weight excluding hydrogens is 246 g/mol. The fraction of sp³-hybridized carbons (Fsp3) is 0.500. The topological polar surface area (TPSA) is 61.4 Å². The summed E-state index contributed by atoms with van der Waals surface area (Å²) in [6.07, 6.45) is 0.716. The van der Waals surface area contributed by atoms with Crippen LogP contribution in [0.4, 0.5) is 0 Å². The summed E-state index contributed by atoms with van der Waals surface area (Å²) in [6, 6.07) is 4.05. The molecule has 0 bridgehead atoms. The molecule has 19 heavy (non-hydrogen) atoms. The minimum absolute atomic E-state index is 0.294. The molecule has 0 aliphatic carbocycles. The Balaban J connectivity index is 2.40. The lowest BCUT2D eigenvalue weighted by Crippen LogP contribution is -2.90. The molecule has 2 atom stereocenters. The number of ether oxygens (including phenoxy) is 3. The normalized spacial score (nSPS) is 18.7. The van der Waals surface area contributed by atoms with Crippen LogP contribution in [0, 0.1) is 0 Å². The van der Waals surface area contributed by atoms with Gasteiger partial charge < -0.3 is 19.5 Å². The summed E-state index contributed by atoms with van der Waals surface area (Å²) in [5, 5.41) is 2.05. The number of methoxy groups -OCH3 is 2. The van der Waals surface area contributed by atoms with Crippen molar-refractivity contribution in [3.8, 4) is 11.5 Å². The molecule has 0 unspecified atom stereocenters. The SMILES string of the molecule is CC[C@H](C)[NH2+][C@@H]1OC(=O)c2c1ccc(OC)c2OC. The van der Waals surface area contributed by atoms with Gasteiger partial charge in [-0.1, -0.05) is 6.92 Å². The number of carbonyl (C=O) groups is 1. The van der Waals surface area contributed by atoms with Crippen LogP contribution in [0.1, 0.15) is 42.4 Å². The molecule has 2 rings (SSSR count). The minimum Gasteiger partial charge on any atom is -0.493 e. The van der Waals surface area contributed by atoms with Gasteiger partial charge in [0, 0.05) is 0 Å². The van der Waals surface area contributed by atoms with E-state index in [0.29, 0.717) is 23.1 Å². The highest BCUT2D eigenvalue weighted by atomic mass is 16.6. The molecule has 5 nitrogen and oxygen atoms in total. The second-order valence-electron chi connectivity index (χ2n) is 4.67. The van der Waals surface area contributed by atoms with Crippen LogP contribution in [0.15, 0.2) is 12.1 Å². The molecule has 1 heterocycles. The Bertz CT molecular complexity index is 487. The van der Waals surface area contributed by atoms with E-state index in [1.807, 2.05) is 6.07 Å². The number of hydrogen-bond donors (Lipinski definition) is 1. The maximum absolute atomic E-state index is 12.0. The highest BCUT2D eigenvalue weighted by Crippen LogP contribution is 2.39. The molecule has 5 heteroatoms. The third kappa shape index (κ3) is 2.38. The first-order valence-electron chi connectivity index (χ1n) is 6.43. The van der Waals surface area contributed by atoms with Crippen LogP contribution in [-0.2, 0) is 4.74 Å². The maximum Gasteiger partial charge on any atom is 0.347 e. The van der Waals surface area contributed by atoms with Crippen molar-refractivity contribution in [2.24, 2.45) is 0 Å². The van der Waals surface area contributed by atoms with Crippen molar-refractivity contribution < 1.29 is 24.3 Å². The fourth-order valence-corrected chi connectivity index (χ4v) is 2.20. The standard InChI is InChI=1S/C14H19NO4/c1-5-8(2)15-13-9-6-7-10(17-3)12(18-4)11(9)14(16)19-13/h6-8,13,15H,5H2,1-4H3/p+1/t8-,13+/m0/s1. The number of nitrogens with two attached hydrogens (primary N) is 1. The second kappa shape index (κ2) is 5.48. The smallest absolute Gasteiger partial charge is 0.347 e. The number of esters is 1. The Kier molecular flexibility index (Phi) is 3.95. The summed E-state index contributed by atoms with van der Waals surface area (Å²) in [5.74, 6) is 0.641. The van der Waals surface area contributed by atoms with Gasteiger partial charge in [0.2, 0.25) is 0 Å². The number of rotatable bonds is 5. The van der Waals surface area contributed by atoms with Gasteiger partial charge >= 0.3 is 5.97 Å². The zero-order chi connectivity index (χ0) is 14.0. The fourth-order valence-electron chi connectivity index (χ4n) is 2.20. The van der Waals surface area contributed by atoms with E-state index in [-0.39, 0.29) is 12.2 Å². The summed E-state index contributed by atoms with van der Waals surface area (Å²) in [6.45, 7) is 4.21. The highest BCUT2D eigenvalue weighted by molar-refractivity contribution is 5.97. The molecule has 0 radical (unpaired) electrons. The van der Waals surface area contributed by atoms with Gasteiger partial charge in [0.1, 0.15) is 5.56 Å². The van der Waals surface area contributed by atoms with Gasteiger partial charge in [-0.25, -0.2) is 4.79 Å². The summed E-state index contributed by atoms with van der Waals surface area (Å²) in [5.41, 5.74) is 1.33. The molecule has 0 saturated carbocycles. The van der Waals surface area contributed by atoms with Crippen LogP contribution in [-0.4, -0.2) is 26.2 Å². The van der Waals surface area contributed by atoms with Crippen molar-refractivity contribution in [2.75, 3.05) is 14.2 Å². The first kappa shape index (κ1) is 13.7. The largest absolute Gasteiger partial charge is 0.493 e. The first-order chi connectivity index (χ1) is 9.12. The van der Waals surface area contributed by atoms with Crippen LogP contribution in [0.5, 0.6) is 11.5 Å². The molecule has 1 aliphatic rings. The number of cyclic esters (lactones) is 1. The number of quaternary nitrogens is 1. The van der Waals surface area contributed by atoms with Crippen LogP contribution >= 0.6 is 0 Å². The number of fused-ring (bicyclic) bond motifs is 1. The van der Waals surface area contributed by atoms with Crippen molar-refractivity contribution in [3.63, 3.8) is 0 Å². The quantitative estimate of drug-likeness (QED) is 0.814. The van der Waals surface area contributed by atoms with Crippen LogP contribution in [0.3, 0.4) is 0 Å². The van der Waals surface area contributed by atoms with Crippen LogP contribution < -0.4 is 14.8 Å². The van der Waals surface area contributed by atoms with E-state index in [4.69, 9.17) is 14.2 Å². The number of hydrogen-bond acceptors (Lipinski definition) is 4. The molecular formula is C14H20NO4+. The molecule has 0 fully saturated rings. The lowest BCUT2D eigenvalue weighted by atomic mass is 10.1. The zero-order valence-electron chi connectivity index (χ0n) is 11.7. The monoisotopic (exact) mass is 266 g/mol. The second-order valence-corrected chi connectivity index (χ2v) is 4.67. The van der Waals surface area contributed by atoms with Gasteiger partial charge in [0.05, 0.1) is 25.8 Å². The van der Waals surface area contributed by atoms with Gasteiger partial charge in [-0.2, -0.15) is 0 Å². The third-order valence-electron chi connectivity index (χ3n) is 3.47. The first-order valence-corrected chi connectivity index (χ1v) is 6.43. The van der Waals surface area contributed by atoms with Crippen molar-refractivity contribution in [1.82, 2.24) is 0 Å². The van der Waals surface area contributed by atoms with E-state index in [1.165, 1.54) is 7.11 Å². The minimum atomic E-state index is -0.352. The average Bonchev–Trinajstić information content (AvgIpc) is 2.74. The summed E-state index contributed by atoms with van der Waals surface area (Å²) in [7, 11) is 3.07. The van der Waals surface area contributed by atoms with E-state index in [1.54, 1.807) is 13.2 Å². The molecule has 0 aromatic heterocycles. The van der Waals surface area contributed by atoms with E-state index in [0.717, 1.165) is 12.0 Å².